The van der Waals surface area contributed by atoms with Crippen LogP contribution < -0.4 is 10.1 Å². The second kappa shape index (κ2) is 9.70. The van der Waals surface area contributed by atoms with E-state index < -0.39 is 6.61 Å². The lowest BCUT2D eigenvalue weighted by molar-refractivity contribution is -0.117. The van der Waals surface area contributed by atoms with Crippen LogP contribution in [0.4, 0.5) is 8.78 Å². The Balaban J connectivity index is 2.09. The van der Waals surface area contributed by atoms with Gasteiger partial charge in [-0.25, -0.2) is 0 Å². The van der Waals surface area contributed by atoms with Crippen LogP contribution in [0.3, 0.4) is 0 Å². The summed E-state index contributed by atoms with van der Waals surface area (Å²) in [6.45, 7) is 1.28. The number of carbonyl (C=O) groups is 1. The molecule has 0 fully saturated rings. The fraction of sp³-hybridized carbons (Fsp3) is 0.286. The van der Waals surface area contributed by atoms with Crippen molar-refractivity contribution in [3.8, 4) is 5.75 Å². The molecule has 138 valence electrons. The number of hydrogen-bond acceptors (Lipinski definition) is 2. The zero-order chi connectivity index (χ0) is 18.9. The van der Waals surface area contributed by atoms with Crippen molar-refractivity contribution in [3.63, 3.8) is 0 Å². The van der Waals surface area contributed by atoms with E-state index in [2.05, 4.69) is 23.9 Å². The maximum Gasteiger partial charge on any atom is 0.387 e. The van der Waals surface area contributed by atoms with Crippen LogP contribution in [0.15, 0.2) is 60.7 Å². The van der Waals surface area contributed by atoms with Gasteiger partial charge < -0.3 is 10.1 Å². The molecule has 0 spiro atoms. The highest BCUT2D eigenvalue weighted by Crippen LogP contribution is 2.23. The zero-order valence-corrected chi connectivity index (χ0v) is 14.9. The van der Waals surface area contributed by atoms with Crippen molar-refractivity contribution in [1.29, 1.82) is 0 Å². The van der Waals surface area contributed by atoms with Crippen molar-refractivity contribution in [3.05, 3.63) is 71.8 Å². The first-order valence-corrected chi connectivity index (χ1v) is 8.53. The summed E-state index contributed by atoms with van der Waals surface area (Å²) < 4.78 is 29.4. The van der Waals surface area contributed by atoms with Crippen molar-refractivity contribution in [2.75, 3.05) is 0 Å². The topological polar surface area (TPSA) is 38.3 Å². The van der Waals surface area contributed by atoms with Crippen molar-refractivity contribution >= 4 is 12.0 Å². The molecule has 0 aliphatic rings. The molecule has 0 saturated carbocycles. The highest BCUT2D eigenvalue weighted by Gasteiger charge is 2.15. The van der Waals surface area contributed by atoms with E-state index >= 15 is 0 Å². The summed E-state index contributed by atoms with van der Waals surface area (Å²) in [6.07, 6.45) is 3.61. The van der Waals surface area contributed by atoms with Crippen molar-refractivity contribution in [1.82, 2.24) is 5.32 Å². The molecule has 1 unspecified atom stereocenters. The zero-order valence-electron chi connectivity index (χ0n) is 14.9. The van der Waals surface area contributed by atoms with Gasteiger partial charge in [0, 0.05) is 11.6 Å². The number of carbonyl (C=O) groups excluding carboxylic acids is 1. The molecule has 0 radical (unpaired) electrons. The Morgan fingerprint density at radius 1 is 1.08 bits per heavy atom. The molecule has 2 rings (SSSR count). The van der Waals surface area contributed by atoms with Gasteiger partial charge >= 0.3 is 6.61 Å². The Morgan fingerprint density at radius 3 is 2.38 bits per heavy atom. The van der Waals surface area contributed by atoms with Crippen molar-refractivity contribution in [2.45, 2.75) is 32.9 Å². The van der Waals surface area contributed by atoms with E-state index in [1.165, 1.54) is 18.2 Å². The summed E-state index contributed by atoms with van der Waals surface area (Å²) in [6, 6.07) is 16.0. The number of benzene rings is 2. The first kappa shape index (κ1) is 19.6. The third-order valence-electron chi connectivity index (χ3n) is 3.77. The summed E-state index contributed by atoms with van der Waals surface area (Å²) in [5.74, 6) is 0.157. The van der Waals surface area contributed by atoms with Gasteiger partial charge in [0.2, 0.25) is 5.91 Å². The maximum absolute atomic E-state index is 12.5. The Hall–Kier alpha value is -2.69. The van der Waals surface area contributed by atoms with Gasteiger partial charge in [0.25, 0.3) is 0 Å². The quantitative estimate of drug-likeness (QED) is 0.658. The minimum atomic E-state index is -2.91. The van der Waals surface area contributed by atoms with Crippen LogP contribution in [0.2, 0.25) is 0 Å². The summed E-state index contributed by atoms with van der Waals surface area (Å²) >= 11 is 0. The molecule has 1 atom stereocenters. The first-order chi connectivity index (χ1) is 12.5. The molecular weight excluding hydrogens is 336 g/mol. The Morgan fingerprint density at radius 2 is 1.73 bits per heavy atom. The molecule has 0 heterocycles. The lowest BCUT2D eigenvalue weighted by atomic mass is 9.97. The minimum absolute atomic E-state index is 0.0355. The summed E-state index contributed by atoms with van der Waals surface area (Å²) in [4.78, 5) is 12.3. The predicted molar refractivity (Wildman–Crippen MR) is 98.9 cm³/mol. The Kier molecular flexibility index (Phi) is 7.33. The lowest BCUT2D eigenvalue weighted by Gasteiger charge is -2.20. The second-order valence-corrected chi connectivity index (χ2v) is 6.35. The number of hydrogen-bond donors (Lipinski definition) is 1. The monoisotopic (exact) mass is 359 g/mol. The molecular formula is C21H23F2NO2. The van der Waals surface area contributed by atoms with Crippen LogP contribution in [0, 0.1) is 5.92 Å². The van der Waals surface area contributed by atoms with E-state index in [-0.39, 0.29) is 17.7 Å². The molecule has 1 N–H and O–H groups in total. The average Bonchev–Trinajstić information content (AvgIpc) is 2.60. The van der Waals surface area contributed by atoms with Gasteiger partial charge in [-0.3, -0.25) is 4.79 Å². The number of amides is 1. The molecule has 0 saturated heterocycles. The number of para-hydroxylation sites is 1. The van der Waals surface area contributed by atoms with E-state index in [0.717, 1.165) is 12.0 Å². The third-order valence-corrected chi connectivity index (χ3v) is 3.77. The summed E-state index contributed by atoms with van der Waals surface area (Å²) in [7, 11) is 0. The number of ether oxygens (including phenoxy) is 1. The summed E-state index contributed by atoms with van der Waals surface area (Å²) in [5, 5.41) is 2.98. The van der Waals surface area contributed by atoms with Crippen LogP contribution in [-0.4, -0.2) is 12.5 Å². The summed E-state index contributed by atoms with van der Waals surface area (Å²) in [5.41, 5.74) is 1.45. The predicted octanol–water partition coefficient (Wildman–Crippen LogP) is 5.20. The van der Waals surface area contributed by atoms with Gasteiger partial charge in [0.1, 0.15) is 5.75 Å². The minimum Gasteiger partial charge on any atom is -0.434 e. The van der Waals surface area contributed by atoms with E-state index in [1.807, 2.05) is 30.3 Å². The Labute approximate surface area is 152 Å². The molecule has 1 amide bonds. The van der Waals surface area contributed by atoms with Crippen molar-refractivity contribution < 1.29 is 18.3 Å². The number of nitrogens with one attached hydrogen (secondary N) is 1. The first-order valence-electron chi connectivity index (χ1n) is 8.53. The standard InChI is InChI=1S/C21H23F2NO2/c1-15(2)14-18(16-8-4-3-5-9-16)24-20(25)13-12-17-10-6-7-11-19(17)26-21(22)23/h3-13,15,18,21H,14H2,1-2H3,(H,24,25)/b13-12+. The smallest absolute Gasteiger partial charge is 0.387 e. The molecule has 2 aromatic rings. The average molecular weight is 359 g/mol. The van der Waals surface area contributed by atoms with E-state index in [9.17, 15) is 13.6 Å². The maximum atomic E-state index is 12.5. The molecule has 0 aliphatic heterocycles. The van der Waals surface area contributed by atoms with Gasteiger partial charge in [-0.2, -0.15) is 8.78 Å². The highest BCUT2D eigenvalue weighted by molar-refractivity contribution is 5.92. The molecule has 5 heteroatoms. The van der Waals surface area contributed by atoms with Gasteiger partial charge in [-0.05, 0) is 30.0 Å². The SMILES string of the molecule is CC(C)CC(NC(=O)/C=C/c1ccccc1OC(F)F)c1ccccc1. The number of rotatable bonds is 8. The number of halogens is 2. The van der Waals surface area contributed by atoms with E-state index in [0.29, 0.717) is 11.5 Å². The fourth-order valence-electron chi connectivity index (χ4n) is 2.64. The van der Waals surface area contributed by atoms with Gasteiger partial charge in [0.15, 0.2) is 0 Å². The van der Waals surface area contributed by atoms with E-state index in [1.54, 1.807) is 18.2 Å². The van der Waals surface area contributed by atoms with Crippen LogP contribution >= 0.6 is 0 Å². The van der Waals surface area contributed by atoms with Crippen LogP contribution in [0.1, 0.15) is 37.4 Å². The van der Waals surface area contributed by atoms with Gasteiger partial charge in [-0.1, -0.05) is 62.4 Å². The fourth-order valence-corrected chi connectivity index (χ4v) is 2.64. The Bertz CT molecular complexity index is 730. The third kappa shape index (κ3) is 6.31. The molecule has 0 aliphatic carbocycles. The molecule has 3 nitrogen and oxygen atoms in total. The van der Waals surface area contributed by atoms with Gasteiger partial charge in [-0.15, -0.1) is 0 Å². The van der Waals surface area contributed by atoms with Crippen LogP contribution in [0.25, 0.3) is 6.08 Å². The van der Waals surface area contributed by atoms with Crippen molar-refractivity contribution in [2.24, 2.45) is 5.92 Å². The molecule has 26 heavy (non-hydrogen) atoms. The van der Waals surface area contributed by atoms with E-state index in [4.69, 9.17) is 0 Å². The largest absolute Gasteiger partial charge is 0.434 e. The molecule has 0 bridgehead atoms. The highest BCUT2D eigenvalue weighted by atomic mass is 19.3. The molecule has 2 aromatic carbocycles. The lowest BCUT2D eigenvalue weighted by Crippen LogP contribution is -2.27. The number of alkyl halides is 2. The van der Waals surface area contributed by atoms with Crippen LogP contribution in [-0.2, 0) is 4.79 Å². The van der Waals surface area contributed by atoms with Gasteiger partial charge in [0.05, 0.1) is 6.04 Å². The second-order valence-electron chi connectivity index (χ2n) is 6.35. The molecule has 0 aromatic heterocycles. The van der Waals surface area contributed by atoms with Crippen LogP contribution in [0.5, 0.6) is 5.75 Å². The normalized spacial score (nSPS) is 12.5.